The van der Waals surface area contributed by atoms with Crippen molar-refractivity contribution in [3.63, 3.8) is 0 Å². The Hall–Kier alpha value is -0.840. The summed E-state index contributed by atoms with van der Waals surface area (Å²) in [5, 5.41) is 1.30. The van der Waals surface area contributed by atoms with Crippen LogP contribution in [0, 0.1) is 0 Å². The largest absolute Gasteiger partial charge is 0.347 e. The van der Waals surface area contributed by atoms with Crippen molar-refractivity contribution >= 4 is 26.8 Å². The first-order chi connectivity index (χ1) is 8.26. The third-order valence-electron chi connectivity index (χ3n) is 2.94. The molecule has 4 N–H and O–H groups in total. The molecule has 0 aliphatic rings. The van der Waals surface area contributed by atoms with Crippen LogP contribution in [0.2, 0.25) is 0 Å². The van der Waals surface area contributed by atoms with E-state index in [0.717, 1.165) is 30.4 Å². The number of benzene rings is 1. The Morgan fingerprint density at radius 3 is 2.71 bits per heavy atom. The summed E-state index contributed by atoms with van der Waals surface area (Å²) in [4.78, 5) is 0. The molecule has 1 heterocycles. The zero-order chi connectivity index (χ0) is 12.3. The molecule has 0 atom stereocenters. The number of aryl methyl sites for hydroxylation is 1. The molecular formula is C13H18BrN3. The predicted octanol–water partition coefficient (Wildman–Crippen LogP) is 2.25. The van der Waals surface area contributed by atoms with Crippen LogP contribution < -0.4 is 11.5 Å². The molecule has 0 unspecified atom stereocenters. The van der Waals surface area contributed by atoms with E-state index >= 15 is 0 Å². The van der Waals surface area contributed by atoms with Crippen molar-refractivity contribution in [1.82, 2.24) is 4.57 Å². The van der Waals surface area contributed by atoms with Gasteiger partial charge in [-0.15, -0.1) is 0 Å². The minimum Gasteiger partial charge on any atom is -0.347 e. The van der Waals surface area contributed by atoms with E-state index in [4.69, 9.17) is 11.5 Å². The highest BCUT2D eigenvalue weighted by atomic mass is 79.9. The second-order valence-electron chi connectivity index (χ2n) is 4.19. The highest BCUT2D eigenvalue weighted by molar-refractivity contribution is 9.10. The second kappa shape index (κ2) is 5.67. The Morgan fingerprint density at radius 1 is 1.18 bits per heavy atom. The Balaban J connectivity index is 2.46. The minimum absolute atomic E-state index is 0.687. The van der Waals surface area contributed by atoms with Gasteiger partial charge < -0.3 is 16.0 Å². The number of hydrogen-bond acceptors (Lipinski definition) is 2. The standard InChI is InChI=1S/C13H18BrN3/c14-11-2-3-12-10(4-6-16)9-17(7-1-5-15)13(12)8-11/h2-3,8-9H,1,4-7,15-16H2. The zero-order valence-corrected chi connectivity index (χ0v) is 11.4. The lowest BCUT2D eigenvalue weighted by atomic mass is 10.1. The fourth-order valence-corrected chi connectivity index (χ4v) is 2.49. The van der Waals surface area contributed by atoms with E-state index in [2.05, 4.69) is 44.9 Å². The highest BCUT2D eigenvalue weighted by Gasteiger charge is 2.07. The number of halogens is 1. The van der Waals surface area contributed by atoms with Crippen LogP contribution in [0.5, 0.6) is 0 Å². The highest BCUT2D eigenvalue weighted by Crippen LogP contribution is 2.25. The van der Waals surface area contributed by atoms with E-state index < -0.39 is 0 Å². The van der Waals surface area contributed by atoms with Crippen molar-refractivity contribution in [3.8, 4) is 0 Å². The summed E-state index contributed by atoms with van der Waals surface area (Å²) in [6, 6.07) is 6.39. The van der Waals surface area contributed by atoms with Gasteiger partial charge in [-0.3, -0.25) is 0 Å². The summed E-state index contributed by atoms with van der Waals surface area (Å²) in [5.41, 5.74) is 13.8. The number of aromatic nitrogens is 1. The van der Waals surface area contributed by atoms with Gasteiger partial charge in [-0.1, -0.05) is 22.0 Å². The van der Waals surface area contributed by atoms with Crippen molar-refractivity contribution in [2.45, 2.75) is 19.4 Å². The average Bonchev–Trinajstić information content (AvgIpc) is 2.65. The Morgan fingerprint density at radius 2 is 2.00 bits per heavy atom. The monoisotopic (exact) mass is 295 g/mol. The number of nitrogens with zero attached hydrogens (tertiary/aromatic N) is 1. The maximum Gasteiger partial charge on any atom is 0.0494 e. The fourth-order valence-electron chi connectivity index (χ4n) is 2.14. The average molecular weight is 296 g/mol. The molecule has 1 aromatic heterocycles. The number of nitrogens with two attached hydrogens (primary N) is 2. The first-order valence-corrected chi connectivity index (χ1v) is 6.73. The maximum atomic E-state index is 5.65. The third-order valence-corrected chi connectivity index (χ3v) is 3.44. The lowest BCUT2D eigenvalue weighted by molar-refractivity contribution is 0.668. The smallest absolute Gasteiger partial charge is 0.0494 e. The molecule has 17 heavy (non-hydrogen) atoms. The number of hydrogen-bond donors (Lipinski definition) is 2. The summed E-state index contributed by atoms with van der Waals surface area (Å²) < 4.78 is 3.38. The van der Waals surface area contributed by atoms with Gasteiger partial charge in [0.05, 0.1) is 0 Å². The molecule has 2 rings (SSSR count). The minimum atomic E-state index is 0.687. The Kier molecular flexibility index (Phi) is 4.20. The molecule has 1 aromatic carbocycles. The summed E-state index contributed by atoms with van der Waals surface area (Å²) >= 11 is 3.52. The van der Waals surface area contributed by atoms with Gasteiger partial charge >= 0.3 is 0 Å². The molecule has 4 heteroatoms. The molecule has 0 aliphatic heterocycles. The van der Waals surface area contributed by atoms with Crippen molar-refractivity contribution in [3.05, 3.63) is 34.4 Å². The summed E-state index contributed by atoms with van der Waals surface area (Å²) in [7, 11) is 0. The third kappa shape index (κ3) is 2.70. The van der Waals surface area contributed by atoms with Gasteiger partial charge in [0, 0.05) is 28.1 Å². The van der Waals surface area contributed by atoms with Crippen molar-refractivity contribution in [1.29, 1.82) is 0 Å². The lowest BCUT2D eigenvalue weighted by Gasteiger charge is -2.03. The van der Waals surface area contributed by atoms with Crippen LogP contribution >= 0.6 is 15.9 Å². The molecule has 0 amide bonds. The van der Waals surface area contributed by atoms with Gasteiger partial charge in [0.25, 0.3) is 0 Å². The van der Waals surface area contributed by atoms with Crippen LogP contribution in [0.3, 0.4) is 0 Å². The molecule has 92 valence electrons. The van der Waals surface area contributed by atoms with Gasteiger partial charge in [0.15, 0.2) is 0 Å². The van der Waals surface area contributed by atoms with Crippen LogP contribution in [-0.4, -0.2) is 17.7 Å². The topological polar surface area (TPSA) is 57.0 Å². The van der Waals surface area contributed by atoms with Crippen LogP contribution in [0.15, 0.2) is 28.9 Å². The van der Waals surface area contributed by atoms with E-state index in [1.54, 1.807) is 0 Å². The summed E-state index contributed by atoms with van der Waals surface area (Å²) in [6.45, 7) is 2.37. The summed E-state index contributed by atoms with van der Waals surface area (Å²) in [5.74, 6) is 0. The molecule has 0 aliphatic carbocycles. The predicted molar refractivity (Wildman–Crippen MR) is 76.1 cm³/mol. The summed E-state index contributed by atoms with van der Waals surface area (Å²) in [6.07, 6.45) is 4.13. The first-order valence-electron chi connectivity index (χ1n) is 5.93. The van der Waals surface area contributed by atoms with E-state index in [1.807, 2.05) is 0 Å². The van der Waals surface area contributed by atoms with Gasteiger partial charge in [-0.05, 0) is 43.6 Å². The van der Waals surface area contributed by atoms with Crippen LogP contribution in [-0.2, 0) is 13.0 Å². The van der Waals surface area contributed by atoms with E-state index in [-0.39, 0.29) is 0 Å². The van der Waals surface area contributed by atoms with Crippen LogP contribution in [0.1, 0.15) is 12.0 Å². The van der Waals surface area contributed by atoms with Gasteiger partial charge in [-0.25, -0.2) is 0 Å². The van der Waals surface area contributed by atoms with Crippen LogP contribution in [0.25, 0.3) is 10.9 Å². The number of rotatable bonds is 5. The molecule has 0 fully saturated rings. The molecule has 0 spiro atoms. The number of fused-ring (bicyclic) bond motifs is 1. The van der Waals surface area contributed by atoms with Gasteiger partial charge in [-0.2, -0.15) is 0 Å². The first kappa shape index (κ1) is 12.6. The molecule has 0 saturated carbocycles. The molecule has 0 bridgehead atoms. The van der Waals surface area contributed by atoms with Gasteiger partial charge in [0.2, 0.25) is 0 Å². The van der Waals surface area contributed by atoms with E-state index in [0.29, 0.717) is 6.54 Å². The van der Waals surface area contributed by atoms with Gasteiger partial charge in [0.1, 0.15) is 0 Å². The fraction of sp³-hybridized carbons (Fsp3) is 0.385. The van der Waals surface area contributed by atoms with E-state index in [1.165, 1.54) is 16.5 Å². The second-order valence-corrected chi connectivity index (χ2v) is 5.11. The molecule has 2 aromatic rings. The Labute approximate surface area is 110 Å². The molecule has 0 radical (unpaired) electrons. The maximum absolute atomic E-state index is 5.65. The SMILES string of the molecule is NCCCn1cc(CCN)c2ccc(Br)cc21. The van der Waals surface area contributed by atoms with Crippen molar-refractivity contribution in [2.75, 3.05) is 13.1 Å². The molecule has 0 saturated heterocycles. The van der Waals surface area contributed by atoms with E-state index in [9.17, 15) is 0 Å². The molecular weight excluding hydrogens is 278 g/mol. The van der Waals surface area contributed by atoms with Crippen molar-refractivity contribution in [2.24, 2.45) is 11.5 Å². The lowest BCUT2D eigenvalue weighted by Crippen LogP contribution is -2.05. The normalized spacial score (nSPS) is 11.2. The Bertz CT molecular complexity index is 505. The quantitative estimate of drug-likeness (QED) is 0.889. The van der Waals surface area contributed by atoms with Crippen molar-refractivity contribution < 1.29 is 0 Å². The molecule has 3 nitrogen and oxygen atoms in total. The van der Waals surface area contributed by atoms with Crippen LogP contribution in [0.4, 0.5) is 0 Å². The zero-order valence-electron chi connectivity index (χ0n) is 9.82.